The van der Waals surface area contributed by atoms with Gasteiger partial charge in [-0.2, -0.15) is 0 Å². The standard InChI is InChI=1S/C19H22O4S3/c1-13(20)23-18(14-10-15(21-2)12-16(11-14)22-3)19(17-6-4-7-24-17)25-8-5-9-26-19/h4,6-7,10-12,18H,5,8-9H2,1-3H3. The number of rotatable bonds is 6. The Labute approximate surface area is 166 Å². The Morgan fingerprint density at radius 3 is 2.27 bits per heavy atom. The maximum atomic E-state index is 12.0. The predicted molar refractivity (Wildman–Crippen MR) is 110 cm³/mol. The summed E-state index contributed by atoms with van der Waals surface area (Å²) < 4.78 is 16.4. The normalized spacial score (nSPS) is 17.3. The molecule has 0 amide bonds. The summed E-state index contributed by atoms with van der Waals surface area (Å²) in [6, 6.07) is 9.87. The van der Waals surface area contributed by atoms with Crippen LogP contribution in [0.25, 0.3) is 0 Å². The first-order valence-corrected chi connectivity index (χ1v) is 11.2. The first-order valence-electron chi connectivity index (χ1n) is 8.31. The second-order valence-corrected chi connectivity index (χ2v) is 9.72. The lowest BCUT2D eigenvalue weighted by molar-refractivity contribution is -0.147. The average molecular weight is 411 g/mol. The number of carbonyl (C=O) groups is 1. The van der Waals surface area contributed by atoms with Crippen LogP contribution in [0.15, 0.2) is 35.7 Å². The lowest BCUT2D eigenvalue weighted by atomic mass is 10.0. The third kappa shape index (κ3) is 4.00. The first-order chi connectivity index (χ1) is 12.6. The lowest BCUT2D eigenvalue weighted by Crippen LogP contribution is -2.32. The zero-order valence-corrected chi connectivity index (χ0v) is 17.5. The molecule has 0 radical (unpaired) electrons. The van der Waals surface area contributed by atoms with Gasteiger partial charge in [-0.05, 0) is 41.5 Å². The van der Waals surface area contributed by atoms with E-state index >= 15 is 0 Å². The topological polar surface area (TPSA) is 44.8 Å². The minimum Gasteiger partial charge on any atom is -0.497 e. The molecule has 3 rings (SSSR count). The van der Waals surface area contributed by atoms with Gasteiger partial charge in [0.15, 0.2) is 6.10 Å². The number of hydrogen-bond acceptors (Lipinski definition) is 7. The van der Waals surface area contributed by atoms with Crippen LogP contribution in [0.4, 0.5) is 0 Å². The smallest absolute Gasteiger partial charge is 0.303 e. The van der Waals surface area contributed by atoms with Gasteiger partial charge in [0.2, 0.25) is 0 Å². The van der Waals surface area contributed by atoms with Crippen LogP contribution in [0.3, 0.4) is 0 Å². The van der Waals surface area contributed by atoms with Crippen LogP contribution in [0.5, 0.6) is 11.5 Å². The van der Waals surface area contributed by atoms with E-state index < -0.39 is 6.10 Å². The fraction of sp³-hybridized carbons (Fsp3) is 0.421. The summed E-state index contributed by atoms with van der Waals surface area (Å²) in [5.74, 6) is 3.14. The van der Waals surface area contributed by atoms with Crippen LogP contribution in [-0.4, -0.2) is 31.7 Å². The molecule has 7 heteroatoms. The van der Waals surface area contributed by atoms with Gasteiger partial charge < -0.3 is 14.2 Å². The quantitative estimate of drug-likeness (QED) is 0.618. The van der Waals surface area contributed by atoms with Crippen molar-refractivity contribution in [3.63, 3.8) is 0 Å². The molecule has 2 heterocycles. The minimum atomic E-state index is -0.432. The summed E-state index contributed by atoms with van der Waals surface area (Å²) >= 11 is 5.41. The summed E-state index contributed by atoms with van der Waals surface area (Å²) in [5.41, 5.74) is 0.881. The van der Waals surface area contributed by atoms with Gasteiger partial charge in [0.25, 0.3) is 0 Å². The predicted octanol–water partition coefficient (Wildman–Crippen LogP) is 5.09. The van der Waals surface area contributed by atoms with E-state index in [9.17, 15) is 4.79 Å². The van der Waals surface area contributed by atoms with Gasteiger partial charge in [0.05, 0.1) is 14.2 Å². The van der Waals surface area contributed by atoms with Crippen LogP contribution >= 0.6 is 34.9 Å². The van der Waals surface area contributed by atoms with Crippen molar-refractivity contribution < 1.29 is 19.0 Å². The summed E-state index contributed by atoms with van der Waals surface area (Å²) in [6.45, 7) is 1.46. The molecule has 0 saturated carbocycles. The summed E-state index contributed by atoms with van der Waals surface area (Å²) in [5, 5.41) is 2.07. The van der Waals surface area contributed by atoms with Crippen LogP contribution < -0.4 is 9.47 Å². The van der Waals surface area contributed by atoms with Crippen LogP contribution in [0, 0.1) is 0 Å². The van der Waals surface area contributed by atoms with E-state index in [2.05, 4.69) is 17.5 Å². The highest BCUT2D eigenvalue weighted by Gasteiger charge is 2.47. The van der Waals surface area contributed by atoms with Crippen molar-refractivity contribution in [2.45, 2.75) is 23.5 Å². The van der Waals surface area contributed by atoms with Gasteiger partial charge in [0.1, 0.15) is 15.6 Å². The van der Waals surface area contributed by atoms with Crippen molar-refractivity contribution in [3.05, 3.63) is 46.2 Å². The van der Waals surface area contributed by atoms with Crippen LogP contribution in [0.2, 0.25) is 0 Å². The Bertz CT molecular complexity index is 717. The van der Waals surface area contributed by atoms with Crippen molar-refractivity contribution in [2.24, 2.45) is 0 Å². The Kier molecular flexibility index (Phi) is 6.42. The molecule has 2 aromatic rings. The largest absolute Gasteiger partial charge is 0.497 e. The monoisotopic (exact) mass is 410 g/mol. The molecule has 1 aliphatic heterocycles. The minimum absolute atomic E-state index is 0.292. The fourth-order valence-corrected chi connectivity index (χ4v) is 7.63. The Morgan fingerprint density at radius 2 is 1.77 bits per heavy atom. The van der Waals surface area contributed by atoms with Crippen molar-refractivity contribution in [3.8, 4) is 11.5 Å². The number of benzene rings is 1. The van der Waals surface area contributed by atoms with E-state index in [0.717, 1.165) is 23.5 Å². The third-order valence-electron chi connectivity index (χ3n) is 4.09. The molecule has 4 nitrogen and oxygen atoms in total. The fourth-order valence-electron chi connectivity index (χ4n) is 2.96. The van der Waals surface area contributed by atoms with E-state index in [-0.39, 0.29) is 10.0 Å². The highest BCUT2D eigenvalue weighted by atomic mass is 32.2. The van der Waals surface area contributed by atoms with Crippen LogP contribution in [0.1, 0.15) is 29.9 Å². The Balaban J connectivity index is 2.13. The number of ether oxygens (including phenoxy) is 3. The number of thiophene rings is 1. The number of carbonyl (C=O) groups excluding carboxylic acids is 1. The van der Waals surface area contributed by atoms with Crippen molar-refractivity contribution in [1.29, 1.82) is 0 Å². The zero-order chi connectivity index (χ0) is 18.6. The van der Waals surface area contributed by atoms with Gasteiger partial charge in [-0.15, -0.1) is 34.9 Å². The number of hydrogen-bond donors (Lipinski definition) is 0. The lowest BCUT2D eigenvalue weighted by Gasteiger charge is -2.41. The Morgan fingerprint density at radius 1 is 1.12 bits per heavy atom. The van der Waals surface area contributed by atoms with Crippen molar-refractivity contribution in [2.75, 3.05) is 25.7 Å². The molecule has 1 fully saturated rings. The Hall–Kier alpha value is -1.31. The molecule has 1 unspecified atom stereocenters. The van der Waals surface area contributed by atoms with E-state index in [0.29, 0.717) is 11.5 Å². The highest BCUT2D eigenvalue weighted by molar-refractivity contribution is 8.18. The van der Waals surface area contributed by atoms with Crippen molar-refractivity contribution >= 4 is 40.8 Å². The summed E-state index contributed by atoms with van der Waals surface area (Å²) in [6.07, 6.45) is 0.717. The molecule has 1 atom stereocenters. The van der Waals surface area contributed by atoms with Gasteiger partial charge in [-0.25, -0.2) is 0 Å². The third-order valence-corrected chi connectivity index (χ3v) is 8.77. The maximum absolute atomic E-state index is 12.0. The molecule has 0 spiro atoms. The number of esters is 1. The van der Waals surface area contributed by atoms with E-state index in [1.807, 2.05) is 41.7 Å². The highest BCUT2D eigenvalue weighted by Crippen LogP contribution is 2.60. The summed E-state index contributed by atoms with van der Waals surface area (Å²) in [7, 11) is 3.25. The molecule has 0 aliphatic carbocycles. The number of methoxy groups -OCH3 is 2. The zero-order valence-electron chi connectivity index (χ0n) is 15.0. The second-order valence-electron chi connectivity index (χ2n) is 5.83. The SMILES string of the molecule is COc1cc(OC)cc(C(OC(C)=O)C2(c3cccs3)SCCCS2)c1. The maximum Gasteiger partial charge on any atom is 0.303 e. The molecule has 1 aromatic carbocycles. The molecule has 140 valence electrons. The first kappa shape index (κ1) is 19.5. The van der Waals surface area contributed by atoms with E-state index in [4.69, 9.17) is 14.2 Å². The van der Waals surface area contributed by atoms with Gasteiger partial charge in [0, 0.05) is 23.4 Å². The molecule has 1 aromatic heterocycles. The molecule has 1 saturated heterocycles. The van der Waals surface area contributed by atoms with Crippen LogP contribution in [-0.2, 0) is 13.6 Å². The van der Waals surface area contributed by atoms with Gasteiger partial charge in [-0.3, -0.25) is 4.79 Å². The van der Waals surface area contributed by atoms with E-state index in [1.54, 1.807) is 25.6 Å². The molecule has 0 bridgehead atoms. The molecule has 0 N–H and O–H groups in total. The second kappa shape index (κ2) is 8.59. The van der Waals surface area contributed by atoms with Crippen molar-refractivity contribution in [1.82, 2.24) is 0 Å². The molecule has 26 heavy (non-hydrogen) atoms. The molecule has 1 aliphatic rings. The molecular weight excluding hydrogens is 388 g/mol. The van der Waals surface area contributed by atoms with E-state index in [1.165, 1.54) is 11.8 Å². The van der Waals surface area contributed by atoms with Gasteiger partial charge in [-0.1, -0.05) is 6.07 Å². The van der Waals surface area contributed by atoms with Gasteiger partial charge >= 0.3 is 5.97 Å². The average Bonchev–Trinajstić information content (AvgIpc) is 3.21. The number of thioether (sulfide) groups is 2. The summed E-state index contributed by atoms with van der Waals surface area (Å²) in [4.78, 5) is 13.2. The molecular formula is C19H22O4S3.